The van der Waals surface area contributed by atoms with Crippen molar-refractivity contribution < 1.29 is 27.8 Å². The van der Waals surface area contributed by atoms with Crippen LogP contribution in [0.2, 0.25) is 0 Å². The summed E-state index contributed by atoms with van der Waals surface area (Å²) in [6, 6.07) is 4.88. The lowest BCUT2D eigenvalue weighted by atomic mass is 9.77. The smallest absolute Gasteiger partial charge is 0.416 e. The van der Waals surface area contributed by atoms with E-state index in [0.29, 0.717) is 31.5 Å². The molecule has 1 saturated heterocycles. The maximum absolute atomic E-state index is 12.7. The number of piperidine rings is 1. The van der Waals surface area contributed by atoms with E-state index in [2.05, 4.69) is 0 Å². The predicted octanol–water partition coefficient (Wildman–Crippen LogP) is 4.57. The van der Waals surface area contributed by atoms with E-state index in [1.807, 2.05) is 0 Å². The normalized spacial score (nSPS) is 19.2. The van der Waals surface area contributed by atoms with Crippen LogP contribution in [-0.2, 0) is 10.9 Å². The molecule has 0 aromatic heterocycles. The van der Waals surface area contributed by atoms with E-state index in [-0.39, 0.29) is 5.92 Å². The maximum atomic E-state index is 12.7. The van der Waals surface area contributed by atoms with Gasteiger partial charge in [-0.1, -0.05) is 19.1 Å². The van der Waals surface area contributed by atoms with E-state index in [1.165, 1.54) is 12.1 Å². The number of aliphatic hydroxyl groups is 1. The average molecular weight is 373 g/mol. The summed E-state index contributed by atoms with van der Waals surface area (Å²) in [4.78, 5) is 13.7. The summed E-state index contributed by atoms with van der Waals surface area (Å²) in [5.41, 5.74) is -1.72. The van der Waals surface area contributed by atoms with Gasteiger partial charge in [-0.3, -0.25) is 0 Å². The van der Waals surface area contributed by atoms with E-state index in [9.17, 15) is 23.1 Å². The third kappa shape index (κ3) is 4.90. The average Bonchev–Trinajstić information content (AvgIpc) is 2.52. The first-order chi connectivity index (χ1) is 11.8. The number of amides is 1. The van der Waals surface area contributed by atoms with Gasteiger partial charge in [0, 0.05) is 19.0 Å². The molecule has 1 aromatic carbocycles. The number of carbonyl (C=O) groups excluding carboxylic acids is 1. The van der Waals surface area contributed by atoms with Gasteiger partial charge in [0.05, 0.1) is 11.2 Å². The Hall–Kier alpha value is -1.76. The maximum Gasteiger partial charge on any atom is 0.416 e. The molecule has 0 saturated carbocycles. The van der Waals surface area contributed by atoms with Crippen LogP contribution in [0.1, 0.15) is 57.6 Å². The van der Waals surface area contributed by atoms with Gasteiger partial charge < -0.3 is 14.7 Å². The highest BCUT2D eigenvalue weighted by Crippen LogP contribution is 2.38. The van der Waals surface area contributed by atoms with Crippen LogP contribution in [0.4, 0.5) is 18.0 Å². The molecule has 4 nitrogen and oxygen atoms in total. The lowest BCUT2D eigenvalue weighted by Crippen LogP contribution is -2.50. The number of rotatable bonds is 2. The molecule has 1 fully saturated rings. The Balaban J connectivity index is 2.02. The third-order valence-corrected chi connectivity index (χ3v) is 4.83. The van der Waals surface area contributed by atoms with Gasteiger partial charge in [-0.25, -0.2) is 4.79 Å². The Morgan fingerprint density at radius 3 is 2.08 bits per heavy atom. The van der Waals surface area contributed by atoms with Crippen LogP contribution < -0.4 is 0 Å². The standard InChI is InChI=1S/C19H26F3NO3/c1-13(14-5-7-15(8-6-14)19(20,21)22)18(25)9-11-23(12-10-18)16(24)26-17(2,3)4/h5-8,13,25H,9-12H2,1-4H3. The molecule has 2 rings (SSSR count). The molecule has 1 heterocycles. The van der Waals surface area contributed by atoms with Gasteiger partial charge in [0.15, 0.2) is 0 Å². The molecule has 1 atom stereocenters. The fourth-order valence-electron chi connectivity index (χ4n) is 3.11. The third-order valence-electron chi connectivity index (χ3n) is 4.83. The van der Waals surface area contributed by atoms with Gasteiger partial charge in [0.25, 0.3) is 0 Å². The molecule has 1 aromatic rings. The number of nitrogens with zero attached hydrogens (tertiary/aromatic N) is 1. The minimum absolute atomic E-state index is 0.342. The first-order valence-electron chi connectivity index (χ1n) is 8.69. The fourth-order valence-corrected chi connectivity index (χ4v) is 3.11. The van der Waals surface area contributed by atoms with E-state index in [4.69, 9.17) is 4.74 Å². The highest BCUT2D eigenvalue weighted by molar-refractivity contribution is 5.68. The number of likely N-dealkylation sites (tertiary alicyclic amines) is 1. The molecule has 0 bridgehead atoms. The summed E-state index contributed by atoms with van der Waals surface area (Å²) in [6.45, 7) is 7.85. The van der Waals surface area contributed by atoms with Gasteiger partial charge in [0.1, 0.15) is 5.60 Å². The Morgan fingerprint density at radius 1 is 1.15 bits per heavy atom. The van der Waals surface area contributed by atoms with Crippen molar-refractivity contribution in [1.29, 1.82) is 0 Å². The SMILES string of the molecule is CC(c1ccc(C(F)(F)F)cc1)C1(O)CCN(C(=O)OC(C)(C)C)CC1. The van der Waals surface area contributed by atoms with Crippen LogP contribution in [-0.4, -0.2) is 40.4 Å². The topological polar surface area (TPSA) is 49.8 Å². The monoisotopic (exact) mass is 373 g/mol. The summed E-state index contributed by atoms with van der Waals surface area (Å²) in [5.74, 6) is -0.342. The number of halogens is 3. The summed E-state index contributed by atoms with van der Waals surface area (Å²) in [7, 11) is 0. The number of hydrogen-bond acceptors (Lipinski definition) is 3. The Labute approximate surface area is 151 Å². The first-order valence-corrected chi connectivity index (χ1v) is 8.69. The van der Waals surface area contributed by atoms with Crippen molar-refractivity contribution in [2.75, 3.05) is 13.1 Å². The Kier molecular flexibility index (Phi) is 5.61. The second-order valence-corrected chi connectivity index (χ2v) is 7.91. The lowest BCUT2D eigenvalue weighted by molar-refractivity contribution is -0.137. The first kappa shape index (κ1) is 20.6. The van der Waals surface area contributed by atoms with Crippen molar-refractivity contribution >= 4 is 6.09 Å². The molecule has 1 aliphatic heterocycles. The molecular formula is C19H26F3NO3. The van der Waals surface area contributed by atoms with Crippen LogP contribution in [0.5, 0.6) is 0 Å². The second-order valence-electron chi connectivity index (χ2n) is 7.91. The molecular weight excluding hydrogens is 347 g/mol. The van der Waals surface area contributed by atoms with Crippen LogP contribution in [0.25, 0.3) is 0 Å². The lowest BCUT2D eigenvalue weighted by Gasteiger charge is -2.42. The molecule has 0 radical (unpaired) electrons. The van der Waals surface area contributed by atoms with Gasteiger partial charge in [-0.05, 0) is 51.3 Å². The molecule has 1 aliphatic rings. The van der Waals surface area contributed by atoms with Crippen molar-refractivity contribution in [3.8, 4) is 0 Å². The molecule has 1 N–H and O–H groups in total. The Morgan fingerprint density at radius 2 is 1.65 bits per heavy atom. The van der Waals surface area contributed by atoms with Gasteiger partial charge in [-0.15, -0.1) is 0 Å². The van der Waals surface area contributed by atoms with E-state index >= 15 is 0 Å². The molecule has 26 heavy (non-hydrogen) atoms. The van der Waals surface area contributed by atoms with Crippen LogP contribution in [0.3, 0.4) is 0 Å². The number of ether oxygens (including phenoxy) is 1. The quantitative estimate of drug-likeness (QED) is 0.826. The second kappa shape index (κ2) is 7.10. The van der Waals surface area contributed by atoms with Crippen LogP contribution >= 0.6 is 0 Å². The number of carbonyl (C=O) groups is 1. The van der Waals surface area contributed by atoms with Gasteiger partial charge in [0.2, 0.25) is 0 Å². The molecule has 0 aliphatic carbocycles. The molecule has 146 valence electrons. The van der Waals surface area contributed by atoms with Crippen molar-refractivity contribution in [1.82, 2.24) is 4.90 Å². The number of alkyl halides is 3. The Bertz CT molecular complexity index is 627. The van der Waals surface area contributed by atoms with Crippen molar-refractivity contribution in [2.24, 2.45) is 0 Å². The molecule has 1 unspecified atom stereocenters. The van der Waals surface area contributed by atoms with Crippen molar-refractivity contribution in [2.45, 2.75) is 63.8 Å². The minimum atomic E-state index is -4.38. The summed E-state index contributed by atoms with van der Waals surface area (Å²) < 4.78 is 43.4. The predicted molar refractivity (Wildman–Crippen MR) is 91.8 cm³/mol. The van der Waals surface area contributed by atoms with E-state index in [0.717, 1.165) is 12.1 Å². The van der Waals surface area contributed by atoms with E-state index < -0.39 is 29.0 Å². The summed E-state index contributed by atoms with van der Waals surface area (Å²) in [6.07, 6.45) is -4.11. The largest absolute Gasteiger partial charge is 0.444 e. The summed E-state index contributed by atoms with van der Waals surface area (Å²) >= 11 is 0. The summed E-state index contributed by atoms with van der Waals surface area (Å²) in [5, 5.41) is 11.0. The van der Waals surface area contributed by atoms with Crippen LogP contribution in [0, 0.1) is 0 Å². The fraction of sp³-hybridized carbons (Fsp3) is 0.632. The van der Waals surface area contributed by atoms with Crippen molar-refractivity contribution in [3.05, 3.63) is 35.4 Å². The van der Waals surface area contributed by atoms with Crippen LogP contribution in [0.15, 0.2) is 24.3 Å². The number of benzene rings is 1. The van der Waals surface area contributed by atoms with Gasteiger partial charge in [-0.2, -0.15) is 13.2 Å². The zero-order valence-electron chi connectivity index (χ0n) is 15.6. The van der Waals surface area contributed by atoms with E-state index in [1.54, 1.807) is 32.6 Å². The zero-order chi connectivity index (χ0) is 19.8. The molecule has 1 amide bonds. The minimum Gasteiger partial charge on any atom is -0.444 e. The highest BCUT2D eigenvalue weighted by atomic mass is 19.4. The molecule has 7 heteroatoms. The zero-order valence-corrected chi connectivity index (χ0v) is 15.6. The highest BCUT2D eigenvalue weighted by Gasteiger charge is 2.40. The number of hydrogen-bond donors (Lipinski definition) is 1. The van der Waals surface area contributed by atoms with Gasteiger partial charge >= 0.3 is 12.3 Å². The van der Waals surface area contributed by atoms with Crippen molar-refractivity contribution in [3.63, 3.8) is 0 Å². The molecule has 0 spiro atoms.